The summed E-state index contributed by atoms with van der Waals surface area (Å²) in [5.74, 6) is 0.752. The Morgan fingerprint density at radius 1 is 1.44 bits per heavy atom. The monoisotopic (exact) mass is 334 g/mol. The second-order valence-corrected chi connectivity index (χ2v) is 5.45. The van der Waals surface area contributed by atoms with Gasteiger partial charge in [0.15, 0.2) is 6.29 Å². The maximum atomic E-state index is 6.17. The highest BCUT2D eigenvalue weighted by molar-refractivity contribution is 9.10. The van der Waals surface area contributed by atoms with Crippen LogP contribution in [0.1, 0.15) is 24.8 Å². The van der Waals surface area contributed by atoms with Crippen LogP contribution in [0.4, 0.5) is 0 Å². The molecule has 0 radical (unpaired) electrons. The molecule has 0 amide bonds. The van der Waals surface area contributed by atoms with E-state index in [1.165, 1.54) is 0 Å². The number of ether oxygens (including phenoxy) is 3. The molecule has 0 N–H and O–H groups in total. The summed E-state index contributed by atoms with van der Waals surface area (Å²) in [6.07, 6.45) is 3.12. The SMILES string of the molecule is COc1cc(COC2CCCCO2)c(Cl)cc1Br. The Hall–Kier alpha value is -0.290. The van der Waals surface area contributed by atoms with Gasteiger partial charge >= 0.3 is 0 Å². The van der Waals surface area contributed by atoms with Crippen molar-refractivity contribution >= 4 is 27.5 Å². The third kappa shape index (κ3) is 3.60. The molecular weight excluding hydrogens is 319 g/mol. The van der Waals surface area contributed by atoms with Crippen LogP contribution in [0.25, 0.3) is 0 Å². The molecule has 0 aromatic heterocycles. The van der Waals surface area contributed by atoms with E-state index in [9.17, 15) is 0 Å². The van der Waals surface area contributed by atoms with Crippen LogP contribution >= 0.6 is 27.5 Å². The van der Waals surface area contributed by atoms with Gasteiger partial charge in [-0.25, -0.2) is 0 Å². The summed E-state index contributed by atoms with van der Waals surface area (Å²) in [4.78, 5) is 0. The number of rotatable bonds is 4. The third-order valence-corrected chi connectivity index (χ3v) is 3.86. The van der Waals surface area contributed by atoms with Crippen LogP contribution < -0.4 is 4.74 Å². The molecular formula is C13H16BrClO3. The molecule has 0 aliphatic carbocycles. The molecule has 1 unspecified atom stereocenters. The lowest BCUT2D eigenvalue weighted by atomic mass is 10.2. The van der Waals surface area contributed by atoms with Crippen molar-refractivity contribution in [2.45, 2.75) is 32.2 Å². The van der Waals surface area contributed by atoms with Crippen molar-refractivity contribution in [1.29, 1.82) is 0 Å². The van der Waals surface area contributed by atoms with Gasteiger partial charge in [0, 0.05) is 17.2 Å². The van der Waals surface area contributed by atoms with Gasteiger partial charge in [0.1, 0.15) is 5.75 Å². The number of halogens is 2. The average Bonchev–Trinajstić information content (AvgIpc) is 2.39. The second-order valence-electron chi connectivity index (χ2n) is 4.19. The van der Waals surface area contributed by atoms with Crippen molar-refractivity contribution in [3.05, 3.63) is 27.2 Å². The quantitative estimate of drug-likeness (QED) is 0.827. The molecule has 2 rings (SSSR count). The molecule has 1 atom stereocenters. The van der Waals surface area contributed by atoms with Crippen LogP contribution in [-0.4, -0.2) is 20.0 Å². The highest BCUT2D eigenvalue weighted by Crippen LogP contribution is 2.32. The van der Waals surface area contributed by atoms with Crippen LogP contribution in [0.15, 0.2) is 16.6 Å². The molecule has 1 aliphatic rings. The molecule has 0 spiro atoms. The minimum absolute atomic E-state index is 0.107. The fraction of sp³-hybridized carbons (Fsp3) is 0.538. The van der Waals surface area contributed by atoms with E-state index in [0.717, 1.165) is 41.7 Å². The first-order chi connectivity index (χ1) is 8.70. The van der Waals surface area contributed by atoms with Crippen LogP contribution in [0.2, 0.25) is 5.02 Å². The Bertz CT molecular complexity index is 405. The number of methoxy groups -OCH3 is 1. The number of hydrogen-bond donors (Lipinski definition) is 0. The summed E-state index contributed by atoms with van der Waals surface area (Å²) in [6.45, 7) is 1.22. The molecule has 1 aromatic carbocycles. The zero-order chi connectivity index (χ0) is 13.0. The van der Waals surface area contributed by atoms with Gasteiger partial charge in [0.05, 0.1) is 18.2 Å². The van der Waals surface area contributed by atoms with Crippen molar-refractivity contribution in [1.82, 2.24) is 0 Å². The van der Waals surface area contributed by atoms with E-state index >= 15 is 0 Å². The molecule has 1 saturated heterocycles. The Morgan fingerprint density at radius 3 is 2.94 bits per heavy atom. The number of hydrogen-bond acceptors (Lipinski definition) is 3. The normalized spacial score (nSPS) is 19.8. The highest BCUT2D eigenvalue weighted by atomic mass is 79.9. The Morgan fingerprint density at radius 2 is 2.28 bits per heavy atom. The smallest absolute Gasteiger partial charge is 0.158 e. The summed E-state index contributed by atoms with van der Waals surface area (Å²) in [5, 5.41) is 0.665. The average molecular weight is 336 g/mol. The molecule has 0 saturated carbocycles. The van der Waals surface area contributed by atoms with E-state index in [1.54, 1.807) is 7.11 Å². The van der Waals surface area contributed by atoms with Gasteiger partial charge in [-0.05, 0) is 47.3 Å². The van der Waals surface area contributed by atoms with Crippen molar-refractivity contribution in [2.24, 2.45) is 0 Å². The molecule has 100 valence electrons. The molecule has 3 nitrogen and oxygen atoms in total. The molecule has 5 heteroatoms. The van der Waals surface area contributed by atoms with E-state index in [4.69, 9.17) is 25.8 Å². The van der Waals surface area contributed by atoms with E-state index in [0.29, 0.717) is 11.6 Å². The first kappa shape index (κ1) is 14.1. The van der Waals surface area contributed by atoms with Crippen molar-refractivity contribution in [3.63, 3.8) is 0 Å². The highest BCUT2D eigenvalue weighted by Gasteiger charge is 2.15. The van der Waals surface area contributed by atoms with Crippen molar-refractivity contribution in [3.8, 4) is 5.75 Å². The predicted octanol–water partition coefficient (Wildman–Crippen LogP) is 4.15. The maximum absolute atomic E-state index is 6.17. The zero-order valence-electron chi connectivity index (χ0n) is 10.2. The summed E-state index contributed by atoms with van der Waals surface area (Å²) < 4.78 is 17.3. The molecule has 0 bridgehead atoms. The van der Waals surface area contributed by atoms with Crippen LogP contribution in [0.5, 0.6) is 5.75 Å². The van der Waals surface area contributed by atoms with Crippen molar-refractivity contribution in [2.75, 3.05) is 13.7 Å². The standard InChI is InChI=1S/C13H16BrClO3/c1-16-12-6-9(11(15)7-10(12)14)8-18-13-4-2-3-5-17-13/h6-7,13H,2-5,8H2,1H3. The Balaban J connectivity index is 1.99. The fourth-order valence-electron chi connectivity index (χ4n) is 1.86. The molecule has 18 heavy (non-hydrogen) atoms. The van der Waals surface area contributed by atoms with Gasteiger partial charge < -0.3 is 14.2 Å². The van der Waals surface area contributed by atoms with Gasteiger partial charge in [-0.1, -0.05) is 11.6 Å². The van der Waals surface area contributed by atoms with Gasteiger partial charge in [-0.3, -0.25) is 0 Å². The van der Waals surface area contributed by atoms with Crippen LogP contribution in [0.3, 0.4) is 0 Å². The fourth-order valence-corrected chi connectivity index (χ4v) is 2.72. The minimum Gasteiger partial charge on any atom is -0.496 e. The summed E-state index contributed by atoms with van der Waals surface area (Å²) in [5.41, 5.74) is 0.908. The van der Waals surface area contributed by atoms with Crippen LogP contribution in [0, 0.1) is 0 Å². The number of benzene rings is 1. The second kappa shape index (κ2) is 6.75. The third-order valence-electron chi connectivity index (χ3n) is 2.88. The van der Waals surface area contributed by atoms with Gasteiger partial charge in [0.25, 0.3) is 0 Å². The van der Waals surface area contributed by atoms with E-state index < -0.39 is 0 Å². The van der Waals surface area contributed by atoms with E-state index in [-0.39, 0.29) is 6.29 Å². The summed E-state index contributed by atoms with van der Waals surface area (Å²) >= 11 is 9.56. The first-order valence-electron chi connectivity index (χ1n) is 5.96. The topological polar surface area (TPSA) is 27.7 Å². The van der Waals surface area contributed by atoms with E-state index in [2.05, 4.69) is 15.9 Å². The zero-order valence-corrected chi connectivity index (χ0v) is 12.6. The molecule has 1 aliphatic heterocycles. The summed E-state index contributed by atoms with van der Waals surface area (Å²) in [7, 11) is 1.63. The summed E-state index contributed by atoms with van der Waals surface area (Å²) in [6, 6.07) is 3.70. The Kier molecular flexibility index (Phi) is 5.30. The van der Waals surface area contributed by atoms with Crippen LogP contribution in [-0.2, 0) is 16.1 Å². The van der Waals surface area contributed by atoms with Gasteiger partial charge in [-0.15, -0.1) is 0 Å². The van der Waals surface area contributed by atoms with Gasteiger partial charge in [0.2, 0.25) is 0 Å². The molecule has 1 fully saturated rings. The minimum atomic E-state index is -0.107. The maximum Gasteiger partial charge on any atom is 0.158 e. The lowest BCUT2D eigenvalue weighted by Gasteiger charge is -2.23. The first-order valence-corrected chi connectivity index (χ1v) is 7.13. The molecule has 1 aromatic rings. The van der Waals surface area contributed by atoms with Crippen molar-refractivity contribution < 1.29 is 14.2 Å². The van der Waals surface area contributed by atoms with Gasteiger partial charge in [-0.2, -0.15) is 0 Å². The Labute approximate surface area is 120 Å². The van der Waals surface area contributed by atoms with E-state index in [1.807, 2.05) is 12.1 Å². The lowest BCUT2D eigenvalue weighted by molar-refractivity contribution is -0.168. The lowest BCUT2D eigenvalue weighted by Crippen LogP contribution is -2.22. The predicted molar refractivity (Wildman–Crippen MR) is 74.1 cm³/mol. The largest absolute Gasteiger partial charge is 0.496 e. The molecule has 1 heterocycles.